The summed E-state index contributed by atoms with van der Waals surface area (Å²) in [5, 5.41) is 9.61. The number of aromatic nitrogens is 4. The van der Waals surface area contributed by atoms with Gasteiger partial charge in [-0.05, 0) is 51.2 Å². The van der Waals surface area contributed by atoms with Crippen LogP contribution in [-0.4, -0.2) is 19.7 Å². The molecule has 0 bridgehead atoms. The number of halogens is 1. The molecule has 0 aromatic carbocycles. The second-order valence-electron chi connectivity index (χ2n) is 7.46. The van der Waals surface area contributed by atoms with Gasteiger partial charge in [0.2, 0.25) is 0 Å². The average molecular weight is 333 g/mol. The van der Waals surface area contributed by atoms with E-state index in [2.05, 4.69) is 47.4 Å². The summed E-state index contributed by atoms with van der Waals surface area (Å²) in [4.78, 5) is 4.51. The molecule has 1 aliphatic carbocycles. The molecule has 124 valence electrons. The Morgan fingerprint density at radius 3 is 2.61 bits per heavy atom. The molecule has 0 radical (unpaired) electrons. The van der Waals surface area contributed by atoms with Gasteiger partial charge in [-0.2, -0.15) is 0 Å². The van der Waals surface area contributed by atoms with Crippen molar-refractivity contribution >= 4 is 11.6 Å². The van der Waals surface area contributed by atoms with Gasteiger partial charge in [0.15, 0.2) is 0 Å². The van der Waals surface area contributed by atoms with Gasteiger partial charge in [-0.1, -0.05) is 31.5 Å². The average Bonchev–Trinajstić information content (AvgIpc) is 3.24. The summed E-state index contributed by atoms with van der Waals surface area (Å²) < 4.78 is 2.33. The largest absolute Gasteiger partial charge is 0.314 e. The quantitative estimate of drug-likeness (QED) is 0.727. The first-order chi connectivity index (χ1) is 10.9. The fourth-order valence-electron chi connectivity index (χ4n) is 2.90. The molecule has 0 saturated heterocycles. The van der Waals surface area contributed by atoms with Crippen LogP contribution < -0.4 is 0 Å². The van der Waals surface area contributed by atoms with E-state index in [9.17, 15) is 0 Å². The molecule has 1 aliphatic rings. The highest BCUT2D eigenvalue weighted by Gasteiger charge is 2.36. The molecule has 0 N–H and O–H groups in total. The highest BCUT2D eigenvalue weighted by Crippen LogP contribution is 2.41. The maximum absolute atomic E-state index is 6.09. The Morgan fingerprint density at radius 2 is 2.00 bits per heavy atom. The summed E-state index contributed by atoms with van der Waals surface area (Å²) in [5.74, 6) is 3.39. The topological polar surface area (TPSA) is 43.6 Å². The third kappa shape index (κ3) is 3.42. The number of nitrogens with zero attached hydrogens (tertiary/aromatic N) is 4. The first kappa shape index (κ1) is 16.4. The highest BCUT2D eigenvalue weighted by atomic mass is 35.5. The number of pyridine rings is 1. The van der Waals surface area contributed by atoms with Crippen LogP contribution in [0.4, 0.5) is 0 Å². The zero-order valence-electron chi connectivity index (χ0n) is 14.4. The minimum absolute atomic E-state index is 0.317. The van der Waals surface area contributed by atoms with E-state index in [4.69, 9.17) is 11.6 Å². The van der Waals surface area contributed by atoms with Crippen LogP contribution >= 0.6 is 11.6 Å². The minimum atomic E-state index is -0.317. The van der Waals surface area contributed by atoms with Crippen LogP contribution in [0.1, 0.15) is 70.2 Å². The predicted octanol–water partition coefficient (Wildman–Crippen LogP) is 4.58. The molecule has 0 spiro atoms. The van der Waals surface area contributed by atoms with Crippen molar-refractivity contribution in [2.45, 2.75) is 64.8 Å². The van der Waals surface area contributed by atoms with E-state index >= 15 is 0 Å². The molecule has 0 unspecified atom stereocenters. The molecular weight excluding hydrogens is 308 g/mol. The maximum Gasteiger partial charge on any atom is 0.144 e. The molecule has 0 aliphatic heterocycles. The molecular formula is C18H25ClN4. The number of rotatable bonds is 6. The molecule has 2 heterocycles. The maximum atomic E-state index is 6.09. The van der Waals surface area contributed by atoms with Gasteiger partial charge in [-0.3, -0.25) is 0 Å². The summed E-state index contributed by atoms with van der Waals surface area (Å²) in [6.45, 7) is 9.78. The molecule has 0 atom stereocenters. The van der Waals surface area contributed by atoms with Crippen molar-refractivity contribution in [3.05, 3.63) is 40.7 Å². The van der Waals surface area contributed by atoms with Crippen LogP contribution in [-0.2, 0) is 12.0 Å². The van der Waals surface area contributed by atoms with Gasteiger partial charge in [-0.15, -0.1) is 10.2 Å². The van der Waals surface area contributed by atoms with Crippen molar-refractivity contribution in [3.8, 4) is 0 Å². The minimum Gasteiger partial charge on any atom is -0.314 e. The van der Waals surface area contributed by atoms with Crippen molar-refractivity contribution in [2.24, 2.45) is 5.92 Å². The molecule has 4 nitrogen and oxygen atoms in total. The Labute approximate surface area is 143 Å². The molecule has 23 heavy (non-hydrogen) atoms. The zero-order valence-corrected chi connectivity index (χ0v) is 15.1. The molecule has 0 amide bonds. The van der Waals surface area contributed by atoms with Gasteiger partial charge in [0, 0.05) is 12.5 Å². The number of hydrogen-bond donors (Lipinski definition) is 0. The Morgan fingerprint density at radius 1 is 1.26 bits per heavy atom. The Hall–Kier alpha value is -1.42. The monoisotopic (exact) mass is 332 g/mol. The van der Waals surface area contributed by atoms with E-state index < -0.39 is 0 Å². The van der Waals surface area contributed by atoms with Gasteiger partial charge in [0.25, 0.3) is 0 Å². The number of hydrogen-bond acceptors (Lipinski definition) is 3. The first-order valence-electron chi connectivity index (χ1n) is 8.46. The third-order valence-corrected chi connectivity index (χ3v) is 4.78. The van der Waals surface area contributed by atoms with E-state index in [0.717, 1.165) is 30.3 Å². The molecule has 5 heteroatoms. The Bertz CT molecular complexity index is 686. The molecule has 2 aromatic rings. The zero-order chi connectivity index (χ0) is 16.6. The van der Waals surface area contributed by atoms with Gasteiger partial charge in [0.1, 0.15) is 16.8 Å². The van der Waals surface area contributed by atoms with Crippen LogP contribution in [0.5, 0.6) is 0 Å². The lowest BCUT2D eigenvalue weighted by molar-refractivity contribution is 0.459. The highest BCUT2D eigenvalue weighted by molar-refractivity contribution is 6.29. The fraction of sp³-hybridized carbons (Fsp3) is 0.611. The summed E-state index contributed by atoms with van der Waals surface area (Å²) in [6.07, 6.45) is 3.59. The van der Waals surface area contributed by atoms with Crippen molar-refractivity contribution in [3.63, 3.8) is 0 Å². The first-order valence-corrected chi connectivity index (χ1v) is 8.84. The second-order valence-corrected chi connectivity index (χ2v) is 7.85. The van der Waals surface area contributed by atoms with E-state index in [1.165, 1.54) is 12.8 Å². The summed E-state index contributed by atoms with van der Waals surface area (Å²) in [7, 11) is 0. The van der Waals surface area contributed by atoms with Crippen molar-refractivity contribution in [1.29, 1.82) is 0 Å². The SMILES string of the molecule is CC(C)CCn1c(C2CC2)nnc1C(C)(C)c1cccc(Cl)n1. The smallest absolute Gasteiger partial charge is 0.144 e. The van der Waals surface area contributed by atoms with Gasteiger partial charge in [-0.25, -0.2) is 4.98 Å². The van der Waals surface area contributed by atoms with Crippen LogP contribution in [0, 0.1) is 5.92 Å². The lowest BCUT2D eigenvalue weighted by Gasteiger charge is -2.25. The summed E-state index contributed by atoms with van der Waals surface area (Å²) in [6, 6.07) is 5.77. The van der Waals surface area contributed by atoms with Gasteiger partial charge < -0.3 is 4.57 Å². The van der Waals surface area contributed by atoms with E-state index in [0.29, 0.717) is 17.0 Å². The van der Waals surface area contributed by atoms with E-state index in [1.54, 1.807) is 6.07 Å². The summed E-state index contributed by atoms with van der Waals surface area (Å²) >= 11 is 6.09. The lowest BCUT2D eigenvalue weighted by atomic mass is 9.87. The van der Waals surface area contributed by atoms with E-state index in [-0.39, 0.29) is 5.41 Å². The predicted molar refractivity (Wildman–Crippen MR) is 92.8 cm³/mol. The van der Waals surface area contributed by atoms with Crippen LogP contribution in [0.15, 0.2) is 18.2 Å². The standard InChI is InChI=1S/C18H25ClN4/c1-12(2)10-11-23-16(13-8-9-13)21-22-17(23)18(3,4)14-6-5-7-15(19)20-14/h5-7,12-13H,8-11H2,1-4H3. The van der Waals surface area contributed by atoms with Crippen molar-refractivity contribution in [1.82, 2.24) is 19.7 Å². The van der Waals surface area contributed by atoms with Crippen LogP contribution in [0.25, 0.3) is 0 Å². The molecule has 1 saturated carbocycles. The van der Waals surface area contributed by atoms with Crippen LogP contribution in [0.3, 0.4) is 0 Å². The molecule has 3 rings (SSSR count). The van der Waals surface area contributed by atoms with Crippen molar-refractivity contribution < 1.29 is 0 Å². The lowest BCUT2D eigenvalue weighted by Crippen LogP contribution is -2.26. The third-order valence-electron chi connectivity index (χ3n) is 4.57. The van der Waals surface area contributed by atoms with Crippen molar-refractivity contribution in [2.75, 3.05) is 0 Å². The Balaban J connectivity index is 2.00. The van der Waals surface area contributed by atoms with E-state index in [1.807, 2.05) is 12.1 Å². The summed E-state index contributed by atoms with van der Waals surface area (Å²) in [5.41, 5.74) is 0.618. The van der Waals surface area contributed by atoms with Crippen LogP contribution in [0.2, 0.25) is 5.15 Å². The fourth-order valence-corrected chi connectivity index (χ4v) is 3.06. The molecule has 2 aromatic heterocycles. The second kappa shape index (κ2) is 6.23. The normalized spacial score (nSPS) is 15.4. The Kier molecular flexibility index (Phi) is 4.45. The molecule has 1 fully saturated rings. The van der Waals surface area contributed by atoms with Gasteiger partial charge >= 0.3 is 0 Å². The van der Waals surface area contributed by atoms with Gasteiger partial charge in [0.05, 0.1) is 11.1 Å².